The van der Waals surface area contributed by atoms with Gasteiger partial charge in [0.1, 0.15) is 5.54 Å². The molecule has 0 unspecified atom stereocenters. The van der Waals surface area contributed by atoms with Gasteiger partial charge in [0.15, 0.2) is 5.82 Å². The predicted octanol–water partition coefficient (Wildman–Crippen LogP) is 2.36. The molecule has 1 saturated heterocycles. The highest BCUT2D eigenvalue weighted by Gasteiger charge is 2.47. The van der Waals surface area contributed by atoms with Crippen molar-refractivity contribution in [1.82, 2.24) is 30.5 Å². The van der Waals surface area contributed by atoms with E-state index in [1.807, 2.05) is 47.8 Å². The molecular weight excluding hydrogens is 392 g/mol. The number of imide groups is 1. The number of amides is 4. The minimum absolute atomic E-state index is 0.150. The summed E-state index contributed by atoms with van der Waals surface area (Å²) in [6.07, 6.45) is 0.396. The summed E-state index contributed by atoms with van der Waals surface area (Å²) >= 11 is 1.46. The van der Waals surface area contributed by atoms with Crippen molar-refractivity contribution >= 4 is 29.2 Å². The van der Waals surface area contributed by atoms with Crippen LogP contribution in [-0.2, 0) is 4.79 Å². The van der Waals surface area contributed by atoms with E-state index in [1.54, 1.807) is 18.5 Å². The molecule has 1 aliphatic rings. The molecule has 3 aromatic rings. The van der Waals surface area contributed by atoms with Gasteiger partial charge in [0.05, 0.1) is 10.6 Å². The number of carbonyl (C=O) groups excluding carboxylic acids is 3. The average Bonchev–Trinajstić information content (AvgIpc) is 3.44. The minimum atomic E-state index is -1.05. The zero-order chi connectivity index (χ0) is 20.6. The molecule has 0 radical (unpaired) electrons. The second-order valence-corrected chi connectivity index (χ2v) is 7.63. The Morgan fingerprint density at radius 3 is 2.59 bits per heavy atom. The number of para-hydroxylation sites is 1. The van der Waals surface area contributed by atoms with E-state index in [0.717, 1.165) is 10.6 Å². The molecule has 1 fully saturated rings. The zero-order valence-corrected chi connectivity index (χ0v) is 16.6. The Morgan fingerprint density at radius 2 is 1.97 bits per heavy atom. The first-order valence-corrected chi connectivity index (χ1v) is 9.85. The minimum Gasteiger partial charge on any atom is -0.322 e. The molecular formula is C19H18N6O3S. The smallest absolute Gasteiger partial charge is 0.322 e. The van der Waals surface area contributed by atoms with Crippen molar-refractivity contribution < 1.29 is 14.4 Å². The van der Waals surface area contributed by atoms with Crippen molar-refractivity contribution in [3.05, 3.63) is 53.7 Å². The quantitative estimate of drug-likeness (QED) is 0.628. The fourth-order valence-electron chi connectivity index (χ4n) is 2.90. The van der Waals surface area contributed by atoms with Gasteiger partial charge in [-0.25, -0.2) is 19.9 Å². The lowest BCUT2D eigenvalue weighted by molar-refractivity contribution is -0.132. The van der Waals surface area contributed by atoms with Crippen molar-refractivity contribution in [3.63, 3.8) is 0 Å². The number of hydrogen-bond donors (Lipinski definition) is 2. The van der Waals surface area contributed by atoms with Crippen LogP contribution in [0.3, 0.4) is 0 Å². The lowest BCUT2D eigenvalue weighted by Gasteiger charge is -2.18. The Bertz CT molecular complexity index is 1080. The molecule has 29 heavy (non-hydrogen) atoms. The van der Waals surface area contributed by atoms with Crippen LogP contribution in [0.5, 0.6) is 0 Å². The summed E-state index contributed by atoms with van der Waals surface area (Å²) < 4.78 is 1.56. The second kappa shape index (κ2) is 7.13. The summed E-state index contributed by atoms with van der Waals surface area (Å²) in [6, 6.07) is 12.3. The number of nitrogens with one attached hydrogen (secondary N) is 2. The highest BCUT2D eigenvalue weighted by molar-refractivity contribution is 7.13. The van der Waals surface area contributed by atoms with Crippen LogP contribution in [0.15, 0.2) is 47.8 Å². The maximum Gasteiger partial charge on any atom is 0.344 e. The number of hydrazine groups is 1. The number of hydrogen-bond acceptors (Lipinski definition) is 6. The Morgan fingerprint density at radius 1 is 1.21 bits per heavy atom. The summed E-state index contributed by atoms with van der Waals surface area (Å²) in [5.41, 5.74) is 2.00. The Balaban J connectivity index is 1.66. The third kappa shape index (κ3) is 3.27. The molecule has 1 aliphatic heterocycles. The normalized spacial score (nSPS) is 18.8. The van der Waals surface area contributed by atoms with Gasteiger partial charge in [-0.2, -0.15) is 5.01 Å². The van der Waals surface area contributed by atoms with E-state index in [1.165, 1.54) is 11.3 Å². The number of thiophene rings is 1. The van der Waals surface area contributed by atoms with E-state index in [-0.39, 0.29) is 5.82 Å². The van der Waals surface area contributed by atoms with Crippen molar-refractivity contribution in [2.75, 3.05) is 0 Å². The fraction of sp³-hybridized carbons (Fsp3) is 0.211. The molecule has 4 rings (SSSR count). The van der Waals surface area contributed by atoms with E-state index < -0.39 is 23.4 Å². The fourth-order valence-corrected chi connectivity index (χ4v) is 3.60. The van der Waals surface area contributed by atoms with Gasteiger partial charge >= 0.3 is 11.9 Å². The highest BCUT2D eigenvalue weighted by atomic mass is 32.1. The molecule has 148 valence electrons. The molecule has 0 spiro atoms. The molecule has 0 aliphatic carbocycles. The lowest BCUT2D eigenvalue weighted by atomic mass is 10.00. The zero-order valence-electron chi connectivity index (χ0n) is 15.7. The molecule has 10 heteroatoms. The molecule has 9 nitrogen and oxygen atoms in total. The molecule has 1 atom stereocenters. The number of rotatable bonds is 5. The molecule has 0 saturated carbocycles. The van der Waals surface area contributed by atoms with Gasteiger partial charge in [0.25, 0.3) is 5.91 Å². The van der Waals surface area contributed by atoms with Crippen LogP contribution in [0.2, 0.25) is 0 Å². The van der Waals surface area contributed by atoms with E-state index >= 15 is 0 Å². The molecule has 2 aromatic heterocycles. The first-order chi connectivity index (χ1) is 13.9. The highest BCUT2D eigenvalue weighted by Crippen LogP contribution is 2.26. The largest absolute Gasteiger partial charge is 0.344 e. The summed E-state index contributed by atoms with van der Waals surface area (Å²) in [5, 5.41) is 9.48. The number of benzene rings is 1. The Kier molecular flexibility index (Phi) is 4.63. The number of nitrogens with zero attached hydrogens (tertiary/aromatic N) is 4. The molecule has 3 heterocycles. The predicted molar refractivity (Wildman–Crippen MR) is 106 cm³/mol. The van der Waals surface area contributed by atoms with Crippen molar-refractivity contribution in [2.24, 2.45) is 0 Å². The third-order valence-corrected chi connectivity index (χ3v) is 5.60. The van der Waals surface area contributed by atoms with Crippen molar-refractivity contribution in [3.8, 4) is 16.4 Å². The second-order valence-electron chi connectivity index (χ2n) is 6.68. The van der Waals surface area contributed by atoms with Crippen LogP contribution in [0.1, 0.15) is 30.9 Å². The lowest BCUT2D eigenvalue weighted by Crippen LogP contribution is -2.48. The average molecular weight is 410 g/mol. The Labute approximate surface area is 170 Å². The molecule has 0 bridgehead atoms. The topological polar surface area (TPSA) is 109 Å². The standard InChI is InChI=1S/C19H18N6O3S/c1-3-19(2)17(27)25(18(28)21-19)23-16(26)14-20-15(13-10-7-11-29-13)24(22-14)12-8-5-4-6-9-12/h4-11H,3H2,1-2H3,(H,21,28)(H,23,26)/t19-/m1/s1. The summed E-state index contributed by atoms with van der Waals surface area (Å²) in [7, 11) is 0. The monoisotopic (exact) mass is 410 g/mol. The van der Waals surface area contributed by atoms with Crippen LogP contribution >= 0.6 is 11.3 Å². The summed E-state index contributed by atoms with van der Waals surface area (Å²) in [5.74, 6) is -0.935. The summed E-state index contributed by atoms with van der Waals surface area (Å²) in [6.45, 7) is 3.39. The number of carbonyl (C=O) groups is 3. The van der Waals surface area contributed by atoms with Crippen LogP contribution in [0.4, 0.5) is 4.79 Å². The van der Waals surface area contributed by atoms with E-state index in [0.29, 0.717) is 17.3 Å². The van der Waals surface area contributed by atoms with Gasteiger partial charge in [-0.05, 0) is 36.9 Å². The van der Waals surface area contributed by atoms with E-state index in [9.17, 15) is 14.4 Å². The van der Waals surface area contributed by atoms with Gasteiger partial charge in [-0.15, -0.1) is 16.4 Å². The summed E-state index contributed by atoms with van der Waals surface area (Å²) in [4.78, 5) is 42.6. The molecule has 2 N–H and O–H groups in total. The van der Waals surface area contributed by atoms with Gasteiger partial charge in [-0.3, -0.25) is 9.59 Å². The maximum absolute atomic E-state index is 12.7. The van der Waals surface area contributed by atoms with Gasteiger partial charge in [0, 0.05) is 0 Å². The molecule has 4 amide bonds. The first kappa shape index (κ1) is 18.8. The molecule has 1 aromatic carbocycles. The van der Waals surface area contributed by atoms with Crippen molar-refractivity contribution in [2.45, 2.75) is 25.8 Å². The van der Waals surface area contributed by atoms with Crippen LogP contribution < -0.4 is 10.7 Å². The SMILES string of the molecule is CC[C@@]1(C)NC(=O)N(NC(=O)c2nc(-c3cccs3)n(-c3ccccc3)n2)C1=O. The third-order valence-electron chi connectivity index (χ3n) is 4.73. The van der Waals surface area contributed by atoms with Gasteiger partial charge in [0.2, 0.25) is 5.82 Å². The van der Waals surface area contributed by atoms with Crippen LogP contribution in [0, 0.1) is 0 Å². The van der Waals surface area contributed by atoms with Gasteiger partial charge in [-0.1, -0.05) is 31.2 Å². The van der Waals surface area contributed by atoms with E-state index in [2.05, 4.69) is 20.8 Å². The Hall–Kier alpha value is -3.53. The maximum atomic E-state index is 12.7. The number of aromatic nitrogens is 3. The van der Waals surface area contributed by atoms with Crippen LogP contribution in [-0.4, -0.2) is 43.2 Å². The van der Waals surface area contributed by atoms with Gasteiger partial charge < -0.3 is 5.32 Å². The van der Waals surface area contributed by atoms with Crippen LogP contribution in [0.25, 0.3) is 16.4 Å². The number of urea groups is 1. The first-order valence-electron chi connectivity index (χ1n) is 8.97. The van der Waals surface area contributed by atoms with E-state index in [4.69, 9.17) is 0 Å². The van der Waals surface area contributed by atoms with Crippen molar-refractivity contribution in [1.29, 1.82) is 0 Å².